The quantitative estimate of drug-likeness (QED) is 0.128. The molecule has 13 nitrogen and oxygen atoms in total. The van der Waals surface area contributed by atoms with Gasteiger partial charge in [0.15, 0.2) is 16.9 Å². The second kappa shape index (κ2) is 14.6. The van der Waals surface area contributed by atoms with E-state index in [4.69, 9.17) is 23.4 Å². The van der Waals surface area contributed by atoms with Gasteiger partial charge in [0.1, 0.15) is 23.9 Å². The van der Waals surface area contributed by atoms with Gasteiger partial charge in [-0.2, -0.15) is 0 Å². The molecule has 3 aliphatic heterocycles. The fraction of sp³-hybridized carbons (Fsp3) is 0.667. The van der Waals surface area contributed by atoms with Crippen LogP contribution in [-0.2, 0) is 20.7 Å². The molecule has 5 bridgehead atoms. The molecule has 3 fully saturated rings. The lowest BCUT2D eigenvalue weighted by molar-refractivity contribution is -0.450. The highest BCUT2D eigenvalue weighted by atomic mass is 33.1. The Balaban J connectivity index is 1.36. The summed E-state index contributed by atoms with van der Waals surface area (Å²) in [6, 6.07) is 3.56. The lowest BCUT2D eigenvalue weighted by Crippen LogP contribution is -2.90. The predicted octanol–water partition coefficient (Wildman–Crippen LogP) is 2.77. The Hall–Kier alpha value is -2.31. The van der Waals surface area contributed by atoms with Crippen molar-refractivity contribution in [3.05, 3.63) is 48.3 Å². The molecule has 54 heavy (non-hydrogen) atoms. The number of furan rings is 1. The van der Waals surface area contributed by atoms with Crippen LogP contribution in [-0.4, -0.2) is 121 Å². The van der Waals surface area contributed by atoms with Crippen molar-refractivity contribution in [2.24, 2.45) is 17.8 Å². The number of ether oxygens (including phenoxy) is 4. The van der Waals surface area contributed by atoms with Gasteiger partial charge in [0, 0.05) is 48.1 Å². The van der Waals surface area contributed by atoms with E-state index in [-0.39, 0.29) is 48.7 Å². The zero-order chi connectivity index (χ0) is 37.9. The Morgan fingerprint density at radius 3 is 2.67 bits per heavy atom. The SMILES string of the molecule is CCOC(=O)CCc1cc2ccoc2c2c1OC13C=CC(SSC4(CCCCC4)CNCCO2)C(CO)(O1)C1(O)CC2C=CC(O)C(CO)C2C3(O)C1O. The van der Waals surface area contributed by atoms with Gasteiger partial charge in [0.2, 0.25) is 5.75 Å². The van der Waals surface area contributed by atoms with Gasteiger partial charge in [0.25, 0.3) is 5.79 Å². The summed E-state index contributed by atoms with van der Waals surface area (Å²) in [5.74, 6) is -5.25. The summed E-state index contributed by atoms with van der Waals surface area (Å²) in [5, 5.41) is 75.9. The molecule has 0 radical (unpaired) electrons. The van der Waals surface area contributed by atoms with E-state index >= 15 is 0 Å². The van der Waals surface area contributed by atoms with Crippen molar-refractivity contribution < 1.29 is 58.8 Å². The van der Waals surface area contributed by atoms with Gasteiger partial charge in [-0.05, 0) is 62.3 Å². The number of aliphatic hydroxyl groups excluding tert-OH is 4. The van der Waals surface area contributed by atoms with Crippen LogP contribution in [0.2, 0.25) is 0 Å². The predicted molar refractivity (Wildman–Crippen MR) is 201 cm³/mol. The second-order valence-corrected chi connectivity index (χ2v) is 18.6. The molecule has 3 aliphatic carbocycles. The number of aryl methyl sites for hydroxylation is 1. The van der Waals surface area contributed by atoms with Gasteiger partial charge < -0.3 is 59.3 Å². The topological polar surface area (TPSA) is 201 Å². The lowest BCUT2D eigenvalue weighted by atomic mass is 9.47. The van der Waals surface area contributed by atoms with Gasteiger partial charge in [-0.3, -0.25) is 4.79 Å². The van der Waals surface area contributed by atoms with Gasteiger partial charge in [-0.25, -0.2) is 0 Å². The second-order valence-electron chi connectivity index (χ2n) is 15.8. The van der Waals surface area contributed by atoms with Crippen LogP contribution in [0.4, 0.5) is 0 Å². The number of benzene rings is 1. The number of allylic oxidation sites excluding steroid dienone is 1. The summed E-state index contributed by atoms with van der Waals surface area (Å²) in [4.78, 5) is 12.7. The molecule has 10 unspecified atom stereocenters. The number of carbonyl (C=O) groups excluding carboxylic acids is 1. The molecule has 15 heteroatoms. The summed E-state index contributed by atoms with van der Waals surface area (Å²) in [5.41, 5.74) is -5.80. The van der Waals surface area contributed by atoms with Crippen molar-refractivity contribution in [2.45, 2.75) is 103 Å². The number of hydrogen-bond donors (Lipinski definition) is 7. The maximum absolute atomic E-state index is 13.4. The zero-order valence-corrected chi connectivity index (χ0v) is 32.0. The number of aliphatic hydroxyl groups is 6. The first-order valence-corrected chi connectivity index (χ1v) is 21.4. The van der Waals surface area contributed by atoms with Crippen LogP contribution >= 0.6 is 21.6 Å². The smallest absolute Gasteiger partial charge is 0.306 e. The average molecular weight is 790 g/mol. The first-order valence-electron chi connectivity index (χ1n) is 19.2. The van der Waals surface area contributed by atoms with E-state index in [9.17, 15) is 35.4 Å². The molecule has 2 spiro atoms. The van der Waals surface area contributed by atoms with Gasteiger partial charge in [0.05, 0.1) is 30.8 Å². The van der Waals surface area contributed by atoms with Crippen molar-refractivity contribution in [1.29, 1.82) is 0 Å². The minimum absolute atomic E-state index is 0.0161. The lowest BCUT2D eigenvalue weighted by Gasteiger charge is -2.71. The van der Waals surface area contributed by atoms with Crippen molar-refractivity contribution in [1.82, 2.24) is 5.32 Å². The molecule has 6 aliphatic rings. The van der Waals surface area contributed by atoms with Crippen LogP contribution in [0.5, 0.6) is 11.5 Å². The number of nitrogens with one attached hydrogen (secondary N) is 1. The van der Waals surface area contributed by atoms with Crippen LogP contribution in [0, 0.1) is 17.8 Å². The van der Waals surface area contributed by atoms with Gasteiger partial charge in [-0.1, -0.05) is 59.1 Å². The van der Waals surface area contributed by atoms with Crippen LogP contribution in [0.3, 0.4) is 0 Å². The number of carbonyl (C=O) groups is 1. The normalized spacial score (nSPS) is 39.8. The van der Waals surface area contributed by atoms with E-state index in [1.165, 1.54) is 23.1 Å². The maximum atomic E-state index is 13.4. The van der Waals surface area contributed by atoms with Crippen molar-refractivity contribution in [2.75, 3.05) is 39.5 Å². The van der Waals surface area contributed by atoms with Crippen molar-refractivity contribution >= 4 is 38.5 Å². The van der Waals surface area contributed by atoms with Gasteiger partial charge >= 0.3 is 5.97 Å². The van der Waals surface area contributed by atoms with Crippen molar-refractivity contribution in [3.8, 4) is 11.5 Å². The van der Waals surface area contributed by atoms with Gasteiger partial charge in [-0.15, -0.1) is 0 Å². The Kier molecular flexibility index (Phi) is 10.4. The number of fused-ring (bicyclic) bond motifs is 11. The minimum Gasteiger partial charge on any atom is -0.485 e. The fourth-order valence-corrected chi connectivity index (χ4v) is 13.9. The molecule has 0 amide bonds. The number of esters is 1. The molecular formula is C39H51NO12S2. The average Bonchev–Trinajstić information content (AvgIpc) is 3.64. The third-order valence-electron chi connectivity index (χ3n) is 12.8. The fourth-order valence-electron chi connectivity index (χ4n) is 10.1. The first-order chi connectivity index (χ1) is 26.0. The Morgan fingerprint density at radius 2 is 1.91 bits per heavy atom. The summed E-state index contributed by atoms with van der Waals surface area (Å²) in [6.07, 6.45) is 10.1. The summed E-state index contributed by atoms with van der Waals surface area (Å²) < 4.78 is 31.6. The van der Waals surface area contributed by atoms with Crippen LogP contribution in [0.25, 0.3) is 11.0 Å². The molecule has 2 aromatic rings. The molecule has 10 atom stereocenters. The highest BCUT2D eigenvalue weighted by Gasteiger charge is 2.83. The highest BCUT2D eigenvalue weighted by molar-refractivity contribution is 8.77. The van der Waals surface area contributed by atoms with E-state index in [1.807, 2.05) is 0 Å². The monoisotopic (exact) mass is 789 g/mol. The molecular weight excluding hydrogens is 739 g/mol. The minimum atomic E-state index is -2.52. The summed E-state index contributed by atoms with van der Waals surface area (Å²) in [6.45, 7) is 2.02. The van der Waals surface area contributed by atoms with E-state index in [0.29, 0.717) is 29.6 Å². The van der Waals surface area contributed by atoms with Crippen molar-refractivity contribution in [3.63, 3.8) is 0 Å². The highest BCUT2D eigenvalue weighted by Crippen LogP contribution is 2.67. The molecule has 4 heterocycles. The van der Waals surface area contributed by atoms with Crippen LogP contribution in [0.1, 0.15) is 57.4 Å². The number of hydrogen-bond acceptors (Lipinski definition) is 15. The van der Waals surface area contributed by atoms with Crippen LogP contribution < -0.4 is 14.8 Å². The maximum Gasteiger partial charge on any atom is 0.306 e. The Bertz CT molecular complexity index is 1780. The molecule has 1 saturated heterocycles. The van der Waals surface area contributed by atoms with E-state index in [1.54, 1.807) is 48.1 Å². The van der Waals surface area contributed by atoms with E-state index < -0.39 is 77.0 Å². The van der Waals surface area contributed by atoms with E-state index in [2.05, 4.69) is 5.32 Å². The Morgan fingerprint density at radius 1 is 1.09 bits per heavy atom. The Labute approximate surface area is 321 Å². The third-order valence-corrected chi connectivity index (χ3v) is 16.5. The summed E-state index contributed by atoms with van der Waals surface area (Å²) in [7, 11) is 3.16. The first kappa shape index (κ1) is 38.6. The molecule has 7 N–H and O–H groups in total. The molecule has 296 valence electrons. The standard InChI is InChI=1S/C39H51NO12S2/c1-2-48-29(44)9-7-23-18-24-11-16-49-31(24)33-32(23)51-38-14-10-28(53-54-35(12-4-3-5-13-35)21-40-15-17-50-33)37(22-42,52-38)36(46)19-25-6-8-27(43)26(20-41)30(25)39(38,47)34(36)45/h6,8,10-11,14,16,18,25-28,30,34,40-43,45-47H,2-5,7,9,12-13,15,17,19-22H2,1H3. The molecule has 1 aromatic heterocycles. The largest absolute Gasteiger partial charge is 0.485 e. The third kappa shape index (κ3) is 5.79. The zero-order valence-electron chi connectivity index (χ0n) is 30.4. The number of rotatable bonds is 6. The van der Waals surface area contributed by atoms with Crippen LogP contribution in [0.15, 0.2) is 47.1 Å². The summed E-state index contributed by atoms with van der Waals surface area (Å²) >= 11 is 0. The molecule has 2 saturated carbocycles. The molecule has 1 aromatic carbocycles. The van der Waals surface area contributed by atoms with E-state index in [0.717, 1.165) is 32.1 Å². The molecule has 8 rings (SSSR count).